The van der Waals surface area contributed by atoms with Crippen LogP contribution in [-0.4, -0.2) is 13.7 Å². The number of nitrogens with one attached hydrogen (secondary N) is 2. The molecule has 3 heteroatoms. The molecule has 62 valence electrons. The Hall–Kier alpha value is -1.53. The number of nitrogens with zero attached hydrogens (tertiary/aromatic N) is 1. The maximum Gasteiger partial charge on any atom is 0.0991 e. The van der Waals surface area contributed by atoms with Gasteiger partial charge in [-0.15, -0.1) is 0 Å². The number of hydrogen-bond donors (Lipinski definition) is 2. The van der Waals surface area contributed by atoms with Crippen molar-refractivity contribution in [1.82, 2.24) is 5.32 Å². The Morgan fingerprint density at radius 2 is 2.00 bits per heavy atom. The van der Waals surface area contributed by atoms with Gasteiger partial charge in [0.2, 0.25) is 0 Å². The number of benzene rings is 1. The third-order valence-electron chi connectivity index (χ3n) is 1.48. The Bertz CT molecular complexity index is 271. The van der Waals surface area contributed by atoms with Crippen LogP contribution in [0.3, 0.4) is 0 Å². The van der Waals surface area contributed by atoms with Crippen LogP contribution < -0.4 is 10.6 Å². The lowest BCUT2D eigenvalue weighted by Gasteiger charge is -2.03. The van der Waals surface area contributed by atoms with E-state index in [2.05, 4.69) is 16.7 Å². The molecule has 1 aromatic rings. The molecule has 0 fully saturated rings. The van der Waals surface area contributed by atoms with Crippen LogP contribution in [-0.2, 0) is 0 Å². The second-order valence-electron chi connectivity index (χ2n) is 2.40. The Morgan fingerprint density at radius 3 is 2.50 bits per heavy atom. The molecule has 0 unspecified atom stereocenters. The van der Waals surface area contributed by atoms with Crippen molar-refractivity contribution in [3.8, 4) is 6.07 Å². The molecule has 0 aliphatic carbocycles. The van der Waals surface area contributed by atoms with Crippen LogP contribution in [0, 0.1) is 11.3 Å². The molecular formula is C9H11N3. The van der Waals surface area contributed by atoms with E-state index in [1.807, 2.05) is 19.2 Å². The molecule has 0 bridgehead atoms. The molecular weight excluding hydrogens is 150 g/mol. The van der Waals surface area contributed by atoms with E-state index in [4.69, 9.17) is 5.26 Å². The molecule has 0 amide bonds. The van der Waals surface area contributed by atoms with E-state index in [1.165, 1.54) is 0 Å². The van der Waals surface area contributed by atoms with E-state index in [0.717, 1.165) is 12.4 Å². The summed E-state index contributed by atoms with van der Waals surface area (Å²) in [6.45, 7) is 0.728. The van der Waals surface area contributed by atoms with Gasteiger partial charge >= 0.3 is 0 Å². The summed E-state index contributed by atoms with van der Waals surface area (Å²) in [5, 5.41) is 14.6. The van der Waals surface area contributed by atoms with Gasteiger partial charge in [0.15, 0.2) is 0 Å². The van der Waals surface area contributed by atoms with Crippen LogP contribution in [0.15, 0.2) is 24.3 Å². The van der Waals surface area contributed by atoms with Crippen molar-refractivity contribution in [3.05, 3.63) is 29.8 Å². The second kappa shape index (κ2) is 4.37. The van der Waals surface area contributed by atoms with Gasteiger partial charge in [-0.3, -0.25) is 0 Å². The van der Waals surface area contributed by atoms with Gasteiger partial charge in [-0.05, 0) is 31.3 Å². The van der Waals surface area contributed by atoms with Crippen LogP contribution in [0.4, 0.5) is 5.69 Å². The summed E-state index contributed by atoms with van der Waals surface area (Å²) in [5.41, 5.74) is 1.70. The van der Waals surface area contributed by atoms with E-state index in [0.29, 0.717) is 5.56 Å². The van der Waals surface area contributed by atoms with Gasteiger partial charge in [0, 0.05) is 5.69 Å². The van der Waals surface area contributed by atoms with E-state index < -0.39 is 0 Å². The minimum absolute atomic E-state index is 0.685. The molecule has 0 saturated heterocycles. The third-order valence-corrected chi connectivity index (χ3v) is 1.48. The highest BCUT2D eigenvalue weighted by atomic mass is 15.0. The third kappa shape index (κ3) is 2.26. The molecule has 0 atom stereocenters. The zero-order valence-corrected chi connectivity index (χ0v) is 6.96. The van der Waals surface area contributed by atoms with Crippen molar-refractivity contribution >= 4 is 5.69 Å². The monoisotopic (exact) mass is 161 g/mol. The van der Waals surface area contributed by atoms with Gasteiger partial charge in [0.05, 0.1) is 18.3 Å². The summed E-state index contributed by atoms with van der Waals surface area (Å²) in [6, 6.07) is 9.42. The van der Waals surface area contributed by atoms with Crippen LogP contribution in [0.5, 0.6) is 0 Å². The maximum absolute atomic E-state index is 8.52. The fourth-order valence-electron chi connectivity index (χ4n) is 0.853. The molecule has 0 aliphatic rings. The average Bonchev–Trinajstić information content (AvgIpc) is 2.15. The molecule has 2 N–H and O–H groups in total. The molecule has 0 spiro atoms. The number of nitriles is 1. The zero-order chi connectivity index (χ0) is 8.81. The van der Waals surface area contributed by atoms with Crippen molar-refractivity contribution < 1.29 is 0 Å². The average molecular weight is 161 g/mol. The first-order chi connectivity index (χ1) is 5.86. The number of hydrogen-bond acceptors (Lipinski definition) is 3. The van der Waals surface area contributed by atoms with Gasteiger partial charge in [-0.2, -0.15) is 5.26 Å². The van der Waals surface area contributed by atoms with E-state index in [-0.39, 0.29) is 0 Å². The molecule has 0 aromatic heterocycles. The number of rotatable bonds is 3. The summed E-state index contributed by atoms with van der Waals surface area (Å²) in [5.74, 6) is 0. The normalized spacial score (nSPS) is 9.00. The largest absolute Gasteiger partial charge is 0.372 e. The van der Waals surface area contributed by atoms with Crippen LogP contribution >= 0.6 is 0 Å². The predicted octanol–water partition coefficient (Wildman–Crippen LogP) is 1.15. The molecule has 0 heterocycles. The van der Waals surface area contributed by atoms with Gasteiger partial charge in [-0.25, -0.2) is 0 Å². The fraction of sp³-hybridized carbons (Fsp3) is 0.222. The lowest BCUT2D eigenvalue weighted by molar-refractivity contribution is 0.874. The highest BCUT2D eigenvalue weighted by molar-refractivity contribution is 5.46. The summed E-state index contributed by atoms with van der Waals surface area (Å²) in [6.07, 6.45) is 0. The Labute approximate surface area is 72.0 Å². The van der Waals surface area contributed by atoms with E-state index in [9.17, 15) is 0 Å². The SMILES string of the molecule is CNCNc1ccc(C#N)cc1. The molecule has 1 rings (SSSR count). The van der Waals surface area contributed by atoms with E-state index in [1.54, 1.807) is 12.1 Å². The molecule has 1 aromatic carbocycles. The highest BCUT2D eigenvalue weighted by Crippen LogP contribution is 2.07. The summed E-state index contributed by atoms with van der Waals surface area (Å²) in [4.78, 5) is 0. The quantitative estimate of drug-likeness (QED) is 0.654. The van der Waals surface area contributed by atoms with Crippen molar-refractivity contribution in [2.45, 2.75) is 0 Å². The summed E-state index contributed by atoms with van der Waals surface area (Å²) in [7, 11) is 1.87. The van der Waals surface area contributed by atoms with Crippen molar-refractivity contribution in [2.24, 2.45) is 0 Å². The fourth-order valence-corrected chi connectivity index (χ4v) is 0.853. The van der Waals surface area contributed by atoms with Crippen LogP contribution in [0.1, 0.15) is 5.56 Å². The first-order valence-electron chi connectivity index (χ1n) is 3.75. The lowest BCUT2D eigenvalue weighted by atomic mass is 10.2. The first kappa shape index (κ1) is 8.57. The molecule has 0 saturated carbocycles. The minimum atomic E-state index is 0.685. The zero-order valence-electron chi connectivity index (χ0n) is 6.96. The first-order valence-corrected chi connectivity index (χ1v) is 3.75. The Kier molecular flexibility index (Phi) is 3.12. The van der Waals surface area contributed by atoms with Crippen LogP contribution in [0.2, 0.25) is 0 Å². The molecule has 3 nitrogen and oxygen atoms in total. The van der Waals surface area contributed by atoms with Crippen molar-refractivity contribution in [2.75, 3.05) is 19.0 Å². The molecule has 0 radical (unpaired) electrons. The topological polar surface area (TPSA) is 47.8 Å². The maximum atomic E-state index is 8.52. The smallest absolute Gasteiger partial charge is 0.0991 e. The Morgan fingerprint density at radius 1 is 1.33 bits per heavy atom. The van der Waals surface area contributed by atoms with Crippen molar-refractivity contribution in [3.63, 3.8) is 0 Å². The van der Waals surface area contributed by atoms with Gasteiger partial charge in [0.25, 0.3) is 0 Å². The number of anilines is 1. The summed E-state index contributed by atoms with van der Waals surface area (Å²) >= 11 is 0. The standard InChI is InChI=1S/C9H11N3/c1-11-7-12-9-4-2-8(6-10)3-5-9/h2-5,11-12H,7H2,1H3. The summed E-state index contributed by atoms with van der Waals surface area (Å²) < 4.78 is 0. The Balaban J connectivity index is 2.60. The lowest BCUT2D eigenvalue weighted by Crippen LogP contribution is -2.16. The minimum Gasteiger partial charge on any atom is -0.372 e. The predicted molar refractivity (Wildman–Crippen MR) is 48.7 cm³/mol. The molecule has 12 heavy (non-hydrogen) atoms. The van der Waals surface area contributed by atoms with E-state index >= 15 is 0 Å². The molecule has 0 aliphatic heterocycles. The van der Waals surface area contributed by atoms with Crippen molar-refractivity contribution in [1.29, 1.82) is 5.26 Å². The highest BCUT2D eigenvalue weighted by Gasteiger charge is 1.90. The van der Waals surface area contributed by atoms with Crippen LogP contribution in [0.25, 0.3) is 0 Å². The van der Waals surface area contributed by atoms with Gasteiger partial charge in [-0.1, -0.05) is 0 Å². The van der Waals surface area contributed by atoms with Gasteiger partial charge in [0.1, 0.15) is 0 Å². The van der Waals surface area contributed by atoms with Gasteiger partial charge < -0.3 is 10.6 Å². The second-order valence-corrected chi connectivity index (χ2v) is 2.40.